The zero-order chi connectivity index (χ0) is 12.5. The van der Waals surface area contributed by atoms with E-state index in [4.69, 9.17) is 5.11 Å². The molecule has 1 aromatic carbocycles. The van der Waals surface area contributed by atoms with Gasteiger partial charge < -0.3 is 10.4 Å². The molecule has 17 heavy (non-hydrogen) atoms. The van der Waals surface area contributed by atoms with E-state index in [0.29, 0.717) is 30.0 Å². The minimum Gasteiger partial charge on any atom is -0.396 e. The maximum Gasteiger partial charge on any atom is 0.220 e. The lowest BCUT2D eigenvalue weighted by Crippen LogP contribution is -2.25. The number of amides is 1. The highest BCUT2D eigenvalue weighted by atomic mass is 32.2. The fourth-order valence-corrected chi connectivity index (χ4v) is 2.10. The summed E-state index contributed by atoms with van der Waals surface area (Å²) in [6, 6.07) is 6.51. The van der Waals surface area contributed by atoms with Crippen molar-refractivity contribution in [3.05, 3.63) is 30.1 Å². The van der Waals surface area contributed by atoms with Gasteiger partial charge in [0.1, 0.15) is 5.82 Å². The van der Waals surface area contributed by atoms with Crippen LogP contribution < -0.4 is 5.32 Å². The van der Waals surface area contributed by atoms with E-state index >= 15 is 0 Å². The molecule has 1 aromatic rings. The second-order valence-electron chi connectivity index (χ2n) is 3.46. The van der Waals surface area contributed by atoms with Gasteiger partial charge in [0.2, 0.25) is 5.91 Å². The molecule has 0 fully saturated rings. The van der Waals surface area contributed by atoms with Crippen molar-refractivity contribution in [2.75, 3.05) is 18.9 Å². The molecule has 5 heteroatoms. The van der Waals surface area contributed by atoms with Crippen LogP contribution in [0.15, 0.2) is 29.2 Å². The first-order chi connectivity index (χ1) is 8.24. The van der Waals surface area contributed by atoms with Crippen LogP contribution in [0.5, 0.6) is 0 Å². The molecule has 0 aliphatic heterocycles. The molecule has 94 valence electrons. The van der Waals surface area contributed by atoms with Crippen molar-refractivity contribution in [1.82, 2.24) is 5.32 Å². The standard InChI is InChI=1S/C12H16FNO2S/c13-10-4-1-2-5-11(10)17-9-6-12(16)14-7-3-8-15/h1-2,4-5,15H,3,6-9H2,(H,14,16). The largest absolute Gasteiger partial charge is 0.396 e. The van der Waals surface area contributed by atoms with E-state index in [1.54, 1.807) is 18.2 Å². The third-order valence-corrected chi connectivity index (χ3v) is 3.13. The van der Waals surface area contributed by atoms with Gasteiger partial charge in [-0.2, -0.15) is 0 Å². The Bertz CT molecular complexity index is 360. The van der Waals surface area contributed by atoms with Crippen LogP contribution in [0, 0.1) is 5.82 Å². The first-order valence-electron chi connectivity index (χ1n) is 5.49. The van der Waals surface area contributed by atoms with Gasteiger partial charge in [0.15, 0.2) is 0 Å². The highest BCUT2D eigenvalue weighted by molar-refractivity contribution is 7.99. The molecular formula is C12H16FNO2S. The highest BCUT2D eigenvalue weighted by Gasteiger charge is 2.04. The number of hydrogen-bond donors (Lipinski definition) is 2. The number of nitrogens with one attached hydrogen (secondary N) is 1. The van der Waals surface area contributed by atoms with Gasteiger partial charge in [-0.25, -0.2) is 4.39 Å². The van der Waals surface area contributed by atoms with E-state index in [2.05, 4.69) is 5.32 Å². The molecule has 1 amide bonds. The van der Waals surface area contributed by atoms with E-state index in [-0.39, 0.29) is 18.3 Å². The van der Waals surface area contributed by atoms with Crippen LogP contribution in [0.1, 0.15) is 12.8 Å². The van der Waals surface area contributed by atoms with Crippen LogP contribution in [-0.2, 0) is 4.79 Å². The minimum atomic E-state index is -0.252. The fraction of sp³-hybridized carbons (Fsp3) is 0.417. The molecule has 0 spiro atoms. The van der Waals surface area contributed by atoms with Gasteiger partial charge >= 0.3 is 0 Å². The van der Waals surface area contributed by atoms with Crippen molar-refractivity contribution in [2.24, 2.45) is 0 Å². The van der Waals surface area contributed by atoms with E-state index in [1.165, 1.54) is 17.8 Å². The van der Waals surface area contributed by atoms with Gasteiger partial charge in [-0.05, 0) is 18.6 Å². The summed E-state index contributed by atoms with van der Waals surface area (Å²) in [5.74, 6) is 0.229. The lowest BCUT2D eigenvalue weighted by atomic mass is 10.3. The molecule has 0 saturated heterocycles. The van der Waals surface area contributed by atoms with Gasteiger partial charge in [0, 0.05) is 30.2 Å². The Morgan fingerprint density at radius 2 is 2.18 bits per heavy atom. The van der Waals surface area contributed by atoms with Gasteiger partial charge in [0.25, 0.3) is 0 Å². The first-order valence-corrected chi connectivity index (χ1v) is 6.47. The van der Waals surface area contributed by atoms with Crippen LogP contribution in [0.25, 0.3) is 0 Å². The molecule has 3 nitrogen and oxygen atoms in total. The van der Waals surface area contributed by atoms with Gasteiger partial charge in [-0.15, -0.1) is 11.8 Å². The Kier molecular flexibility index (Phi) is 6.65. The molecule has 2 N–H and O–H groups in total. The Hall–Kier alpha value is -1.07. The van der Waals surface area contributed by atoms with Crippen molar-refractivity contribution < 1.29 is 14.3 Å². The Morgan fingerprint density at radius 1 is 1.41 bits per heavy atom. The second kappa shape index (κ2) is 8.08. The molecule has 0 aliphatic rings. The second-order valence-corrected chi connectivity index (χ2v) is 4.59. The molecule has 0 saturated carbocycles. The number of aliphatic hydroxyl groups is 1. The number of carbonyl (C=O) groups is 1. The summed E-state index contributed by atoms with van der Waals surface area (Å²) in [6.07, 6.45) is 0.913. The van der Waals surface area contributed by atoms with Gasteiger partial charge in [0.05, 0.1) is 0 Å². The first kappa shape index (κ1) is 14.0. The van der Waals surface area contributed by atoms with Crippen molar-refractivity contribution in [1.29, 1.82) is 0 Å². The number of carbonyl (C=O) groups excluding carboxylic acids is 1. The number of thioether (sulfide) groups is 1. The van der Waals surface area contributed by atoms with Crippen LogP contribution in [-0.4, -0.2) is 29.9 Å². The fourth-order valence-electron chi connectivity index (χ4n) is 1.21. The highest BCUT2D eigenvalue weighted by Crippen LogP contribution is 2.21. The van der Waals surface area contributed by atoms with Crippen molar-refractivity contribution in [2.45, 2.75) is 17.7 Å². The Balaban J connectivity index is 2.19. The lowest BCUT2D eigenvalue weighted by molar-refractivity contribution is -0.120. The number of halogens is 1. The monoisotopic (exact) mass is 257 g/mol. The summed E-state index contributed by atoms with van der Waals surface area (Å²) in [5, 5.41) is 11.2. The summed E-state index contributed by atoms with van der Waals surface area (Å²) < 4.78 is 13.2. The molecule has 0 unspecified atom stereocenters. The summed E-state index contributed by atoms with van der Waals surface area (Å²) >= 11 is 1.33. The van der Waals surface area contributed by atoms with Crippen LogP contribution in [0.3, 0.4) is 0 Å². The quantitative estimate of drug-likeness (QED) is 0.578. The molecule has 0 atom stereocenters. The third-order valence-electron chi connectivity index (χ3n) is 2.08. The molecule has 0 radical (unpaired) electrons. The predicted molar refractivity (Wildman–Crippen MR) is 66.5 cm³/mol. The van der Waals surface area contributed by atoms with E-state index < -0.39 is 0 Å². The number of aliphatic hydroxyl groups excluding tert-OH is 1. The maximum absolute atomic E-state index is 13.2. The molecule has 0 aliphatic carbocycles. The average molecular weight is 257 g/mol. The van der Waals surface area contributed by atoms with Crippen molar-refractivity contribution in [3.63, 3.8) is 0 Å². The molecular weight excluding hydrogens is 241 g/mol. The van der Waals surface area contributed by atoms with Gasteiger partial charge in [-0.3, -0.25) is 4.79 Å². The van der Waals surface area contributed by atoms with Crippen LogP contribution in [0.2, 0.25) is 0 Å². The van der Waals surface area contributed by atoms with Crippen LogP contribution >= 0.6 is 11.8 Å². The summed E-state index contributed by atoms with van der Waals surface area (Å²) in [6.45, 7) is 0.559. The summed E-state index contributed by atoms with van der Waals surface area (Å²) in [4.78, 5) is 11.9. The van der Waals surface area contributed by atoms with Gasteiger partial charge in [-0.1, -0.05) is 12.1 Å². The van der Waals surface area contributed by atoms with Crippen LogP contribution in [0.4, 0.5) is 4.39 Å². The third kappa shape index (κ3) is 5.70. The molecule has 0 aromatic heterocycles. The zero-order valence-corrected chi connectivity index (χ0v) is 10.3. The Labute approximate surface area is 104 Å². The zero-order valence-electron chi connectivity index (χ0n) is 9.49. The lowest BCUT2D eigenvalue weighted by Gasteiger charge is -2.04. The maximum atomic E-state index is 13.2. The molecule has 1 rings (SSSR count). The topological polar surface area (TPSA) is 49.3 Å². The Morgan fingerprint density at radius 3 is 2.88 bits per heavy atom. The summed E-state index contributed by atoms with van der Waals surface area (Å²) in [7, 11) is 0. The normalized spacial score (nSPS) is 10.2. The van der Waals surface area contributed by atoms with E-state index in [1.807, 2.05) is 0 Å². The van der Waals surface area contributed by atoms with E-state index in [0.717, 1.165) is 0 Å². The molecule has 0 bridgehead atoms. The minimum absolute atomic E-state index is 0.0673. The van der Waals surface area contributed by atoms with Crippen molar-refractivity contribution >= 4 is 17.7 Å². The summed E-state index contributed by atoms with van der Waals surface area (Å²) in [5.41, 5.74) is 0. The molecule has 0 heterocycles. The smallest absolute Gasteiger partial charge is 0.220 e. The number of rotatable bonds is 7. The van der Waals surface area contributed by atoms with E-state index in [9.17, 15) is 9.18 Å². The SMILES string of the molecule is O=C(CCSc1ccccc1F)NCCCO. The average Bonchev–Trinajstić information content (AvgIpc) is 2.32. The number of benzene rings is 1. The van der Waals surface area contributed by atoms with Crippen molar-refractivity contribution in [3.8, 4) is 0 Å². The number of hydrogen-bond acceptors (Lipinski definition) is 3. The predicted octanol–water partition coefficient (Wildman–Crippen LogP) is 1.81.